The van der Waals surface area contributed by atoms with Gasteiger partial charge in [0, 0.05) is 37.9 Å². The molecule has 0 saturated heterocycles. The molecule has 4 heteroatoms. The summed E-state index contributed by atoms with van der Waals surface area (Å²) in [7, 11) is 4.06. The van der Waals surface area contributed by atoms with Crippen LogP contribution in [0.4, 0.5) is 11.4 Å². The van der Waals surface area contributed by atoms with E-state index in [0.29, 0.717) is 0 Å². The Balaban J connectivity index is 2.05. The summed E-state index contributed by atoms with van der Waals surface area (Å²) in [6.45, 7) is 2.07. The third-order valence-electron chi connectivity index (χ3n) is 2.79. The fourth-order valence-corrected chi connectivity index (χ4v) is 1.71. The van der Waals surface area contributed by atoms with Crippen LogP contribution in [0, 0.1) is 0 Å². The van der Waals surface area contributed by atoms with Crippen LogP contribution >= 0.6 is 0 Å². The molecular formula is C14H18N4. The number of hydrogen-bond acceptors (Lipinski definition) is 4. The summed E-state index contributed by atoms with van der Waals surface area (Å²) in [6, 6.07) is 8.46. The SMILES string of the molecule is CC(Nc1ccc(N(C)C)cc1)c1cnccn1. The molecule has 1 N–H and O–H groups in total. The van der Waals surface area contributed by atoms with Crippen molar-refractivity contribution in [2.75, 3.05) is 24.3 Å². The summed E-state index contributed by atoms with van der Waals surface area (Å²) in [4.78, 5) is 10.4. The molecule has 1 unspecified atom stereocenters. The third-order valence-corrected chi connectivity index (χ3v) is 2.79. The number of anilines is 2. The van der Waals surface area contributed by atoms with Crippen molar-refractivity contribution in [1.29, 1.82) is 0 Å². The average molecular weight is 242 g/mol. The zero-order valence-corrected chi connectivity index (χ0v) is 11.0. The average Bonchev–Trinajstić information content (AvgIpc) is 2.40. The monoisotopic (exact) mass is 242 g/mol. The number of nitrogens with one attached hydrogen (secondary N) is 1. The second kappa shape index (κ2) is 5.49. The normalized spacial score (nSPS) is 11.9. The molecule has 1 aromatic heterocycles. The third kappa shape index (κ3) is 2.97. The zero-order valence-electron chi connectivity index (χ0n) is 11.0. The van der Waals surface area contributed by atoms with Crippen molar-refractivity contribution in [3.8, 4) is 0 Å². The lowest BCUT2D eigenvalue weighted by molar-refractivity contribution is 0.827. The van der Waals surface area contributed by atoms with Gasteiger partial charge in [0.15, 0.2) is 0 Å². The second-order valence-corrected chi connectivity index (χ2v) is 4.44. The van der Waals surface area contributed by atoms with E-state index in [9.17, 15) is 0 Å². The first kappa shape index (κ1) is 12.4. The van der Waals surface area contributed by atoms with Crippen LogP contribution < -0.4 is 10.2 Å². The highest BCUT2D eigenvalue weighted by molar-refractivity contribution is 5.54. The molecule has 0 aliphatic heterocycles. The summed E-state index contributed by atoms with van der Waals surface area (Å²) >= 11 is 0. The van der Waals surface area contributed by atoms with Gasteiger partial charge in [-0.2, -0.15) is 0 Å². The second-order valence-electron chi connectivity index (χ2n) is 4.44. The van der Waals surface area contributed by atoms with Gasteiger partial charge < -0.3 is 10.2 Å². The van der Waals surface area contributed by atoms with Gasteiger partial charge in [-0.3, -0.25) is 9.97 Å². The van der Waals surface area contributed by atoms with Crippen LogP contribution in [0.1, 0.15) is 18.7 Å². The molecule has 4 nitrogen and oxygen atoms in total. The maximum atomic E-state index is 4.29. The Morgan fingerprint density at radius 3 is 2.39 bits per heavy atom. The lowest BCUT2D eigenvalue weighted by Gasteiger charge is -2.16. The number of benzene rings is 1. The minimum Gasteiger partial charge on any atom is -0.378 e. The van der Waals surface area contributed by atoms with E-state index in [2.05, 4.69) is 51.4 Å². The van der Waals surface area contributed by atoms with Crippen LogP contribution in [0.3, 0.4) is 0 Å². The van der Waals surface area contributed by atoms with Gasteiger partial charge in [-0.1, -0.05) is 0 Å². The maximum Gasteiger partial charge on any atom is 0.0806 e. The van der Waals surface area contributed by atoms with Gasteiger partial charge in [0.2, 0.25) is 0 Å². The first-order chi connectivity index (χ1) is 8.66. The van der Waals surface area contributed by atoms with Crippen LogP contribution in [-0.2, 0) is 0 Å². The van der Waals surface area contributed by atoms with Crippen LogP contribution in [0.2, 0.25) is 0 Å². The Morgan fingerprint density at radius 1 is 1.11 bits per heavy atom. The van der Waals surface area contributed by atoms with Gasteiger partial charge in [-0.25, -0.2) is 0 Å². The highest BCUT2D eigenvalue weighted by Crippen LogP contribution is 2.20. The van der Waals surface area contributed by atoms with Crippen molar-refractivity contribution in [3.05, 3.63) is 48.5 Å². The quantitative estimate of drug-likeness (QED) is 0.895. The van der Waals surface area contributed by atoms with Gasteiger partial charge in [0.25, 0.3) is 0 Å². The Labute approximate surface area is 108 Å². The summed E-state index contributed by atoms with van der Waals surface area (Å²) < 4.78 is 0. The molecule has 1 atom stereocenters. The lowest BCUT2D eigenvalue weighted by atomic mass is 10.2. The Kier molecular flexibility index (Phi) is 3.77. The minimum absolute atomic E-state index is 0.143. The van der Waals surface area contributed by atoms with Crippen molar-refractivity contribution in [1.82, 2.24) is 9.97 Å². The van der Waals surface area contributed by atoms with E-state index >= 15 is 0 Å². The number of hydrogen-bond donors (Lipinski definition) is 1. The van der Waals surface area contributed by atoms with Gasteiger partial charge in [-0.15, -0.1) is 0 Å². The van der Waals surface area contributed by atoms with Crippen molar-refractivity contribution < 1.29 is 0 Å². The number of nitrogens with zero attached hydrogens (tertiary/aromatic N) is 3. The Bertz CT molecular complexity index is 479. The first-order valence-electron chi connectivity index (χ1n) is 5.96. The van der Waals surface area contributed by atoms with Crippen molar-refractivity contribution in [2.24, 2.45) is 0 Å². The summed E-state index contributed by atoms with van der Waals surface area (Å²) in [5, 5.41) is 3.40. The van der Waals surface area contributed by atoms with Crippen molar-refractivity contribution in [3.63, 3.8) is 0 Å². The maximum absolute atomic E-state index is 4.29. The molecule has 0 radical (unpaired) electrons. The molecule has 0 saturated carbocycles. The topological polar surface area (TPSA) is 41.0 Å². The first-order valence-corrected chi connectivity index (χ1v) is 5.96. The van der Waals surface area contributed by atoms with Gasteiger partial charge in [-0.05, 0) is 31.2 Å². The van der Waals surface area contributed by atoms with E-state index in [1.807, 2.05) is 14.1 Å². The van der Waals surface area contributed by atoms with E-state index in [0.717, 1.165) is 11.4 Å². The fraction of sp³-hybridized carbons (Fsp3) is 0.286. The summed E-state index contributed by atoms with van der Waals surface area (Å²) in [5.74, 6) is 0. The van der Waals surface area contributed by atoms with Crippen LogP contribution in [-0.4, -0.2) is 24.1 Å². The summed E-state index contributed by atoms with van der Waals surface area (Å²) in [6.07, 6.45) is 5.18. The molecule has 1 aromatic carbocycles. The van der Waals surface area contributed by atoms with E-state index in [4.69, 9.17) is 0 Å². The molecule has 0 fully saturated rings. The highest BCUT2D eigenvalue weighted by atomic mass is 15.1. The van der Waals surface area contributed by atoms with E-state index in [1.54, 1.807) is 18.6 Å². The van der Waals surface area contributed by atoms with E-state index in [-0.39, 0.29) is 6.04 Å². The molecule has 0 aliphatic carbocycles. The minimum atomic E-state index is 0.143. The zero-order chi connectivity index (χ0) is 13.0. The molecule has 1 heterocycles. The van der Waals surface area contributed by atoms with Gasteiger partial charge in [0.1, 0.15) is 0 Å². The van der Waals surface area contributed by atoms with Crippen molar-refractivity contribution >= 4 is 11.4 Å². The number of aromatic nitrogens is 2. The van der Waals surface area contributed by atoms with Gasteiger partial charge >= 0.3 is 0 Å². The molecule has 0 spiro atoms. The predicted octanol–water partition coefficient (Wildman–Crippen LogP) is 2.72. The standard InChI is InChI=1S/C14H18N4/c1-11(14-10-15-8-9-16-14)17-12-4-6-13(7-5-12)18(2)3/h4-11,17H,1-3H3. The predicted molar refractivity (Wildman–Crippen MR) is 74.8 cm³/mol. The van der Waals surface area contributed by atoms with Crippen LogP contribution in [0.25, 0.3) is 0 Å². The van der Waals surface area contributed by atoms with Crippen LogP contribution in [0.15, 0.2) is 42.9 Å². The molecular weight excluding hydrogens is 224 g/mol. The fourth-order valence-electron chi connectivity index (χ4n) is 1.71. The van der Waals surface area contributed by atoms with E-state index in [1.165, 1.54) is 5.69 Å². The summed E-state index contributed by atoms with van der Waals surface area (Å²) in [5.41, 5.74) is 3.21. The molecule has 0 bridgehead atoms. The molecule has 0 amide bonds. The lowest BCUT2D eigenvalue weighted by Crippen LogP contribution is -2.10. The molecule has 2 aromatic rings. The molecule has 2 rings (SSSR count). The Hall–Kier alpha value is -2.10. The number of rotatable bonds is 4. The van der Waals surface area contributed by atoms with Gasteiger partial charge in [0.05, 0.1) is 17.9 Å². The molecule has 94 valence electrons. The smallest absolute Gasteiger partial charge is 0.0806 e. The van der Waals surface area contributed by atoms with E-state index < -0.39 is 0 Å². The largest absolute Gasteiger partial charge is 0.378 e. The molecule has 0 aliphatic rings. The highest BCUT2D eigenvalue weighted by Gasteiger charge is 2.06. The van der Waals surface area contributed by atoms with Crippen molar-refractivity contribution in [2.45, 2.75) is 13.0 Å². The molecule has 18 heavy (non-hydrogen) atoms. The Morgan fingerprint density at radius 2 is 1.83 bits per heavy atom. The van der Waals surface area contributed by atoms with Crippen LogP contribution in [0.5, 0.6) is 0 Å².